The normalized spacial score (nSPS) is 12.8. The number of aromatic nitrogens is 1. The fraction of sp³-hybridized carbons (Fsp3) is 0.250. The van der Waals surface area contributed by atoms with Gasteiger partial charge in [0.2, 0.25) is 5.88 Å². The van der Waals surface area contributed by atoms with Gasteiger partial charge in [0.15, 0.2) is 9.84 Å². The number of halogens is 3. The van der Waals surface area contributed by atoms with Gasteiger partial charge >= 0.3 is 15.6 Å². The molecule has 1 rings (SSSR count). The second-order valence-electron chi connectivity index (χ2n) is 3.39. The average Bonchev–Trinajstić information content (AvgIpc) is 2.25. The monoisotopic (exact) mass is 330 g/mol. The molecule has 0 aliphatic rings. The van der Waals surface area contributed by atoms with Crippen molar-refractivity contribution >= 4 is 20.0 Å². The van der Waals surface area contributed by atoms with Gasteiger partial charge in [0.25, 0.3) is 0 Å². The Morgan fingerprint density at radius 1 is 1.30 bits per heavy atom. The Hall–Kier alpha value is -1.87. The number of rotatable bonds is 3. The fourth-order valence-corrected chi connectivity index (χ4v) is 2.24. The van der Waals surface area contributed by atoms with E-state index in [1.54, 1.807) is 0 Å². The molecule has 0 aromatic carbocycles. The molecule has 0 fully saturated rings. The standard InChI is InChI=1S/C8H5F3N2O5S2/c1-19(14,15)6-2-7(13-4-5(6)3-12)18-20(16,17)8(9,10)11/h2,4H,1H3. The number of nitrogens with zero attached hydrogens (tertiary/aromatic N) is 2. The first-order valence-corrected chi connectivity index (χ1v) is 7.79. The van der Waals surface area contributed by atoms with Crippen LogP contribution in [0.1, 0.15) is 5.56 Å². The highest BCUT2D eigenvalue weighted by molar-refractivity contribution is 7.90. The summed E-state index contributed by atoms with van der Waals surface area (Å²) in [5.74, 6) is -1.11. The summed E-state index contributed by atoms with van der Waals surface area (Å²) in [6, 6.07) is 1.88. The van der Waals surface area contributed by atoms with Crippen molar-refractivity contribution in [1.82, 2.24) is 4.98 Å². The first-order chi connectivity index (χ1) is 8.88. The van der Waals surface area contributed by atoms with Gasteiger partial charge in [-0.05, 0) is 0 Å². The molecular weight excluding hydrogens is 325 g/mol. The highest BCUT2D eigenvalue weighted by Gasteiger charge is 2.49. The van der Waals surface area contributed by atoms with Gasteiger partial charge in [-0.3, -0.25) is 0 Å². The Bertz CT molecular complexity index is 777. The van der Waals surface area contributed by atoms with Gasteiger partial charge in [0.1, 0.15) is 6.07 Å². The van der Waals surface area contributed by atoms with Gasteiger partial charge in [-0.25, -0.2) is 13.4 Å². The molecule has 0 aliphatic carbocycles. The van der Waals surface area contributed by atoms with Crippen molar-refractivity contribution in [1.29, 1.82) is 5.26 Å². The van der Waals surface area contributed by atoms with Crippen LogP contribution in [0.2, 0.25) is 0 Å². The Labute approximate surface area is 111 Å². The molecule has 110 valence electrons. The summed E-state index contributed by atoms with van der Waals surface area (Å²) >= 11 is 0. The van der Waals surface area contributed by atoms with E-state index in [9.17, 15) is 30.0 Å². The molecule has 1 aromatic heterocycles. The molecule has 0 unspecified atom stereocenters. The lowest BCUT2D eigenvalue weighted by Crippen LogP contribution is -2.28. The number of hydrogen-bond acceptors (Lipinski definition) is 7. The van der Waals surface area contributed by atoms with Crippen molar-refractivity contribution in [2.75, 3.05) is 6.26 Å². The number of sulfone groups is 1. The van der Waals surface area contributed by atoms with Crippen LogP contribution in [0.3, 0.4) is 0 Å². The predicted molar refractivity (Wildman–Crippen MR) is 57.7 cm³/mol. The molecule has 20 heavy (non-hydrogen) atoms. The summed E-state index contributed by atoms with van der Waals surface area (Å²) < 4.78 is 84.0. The number of alkyl halides is 3. The molecule has 7 nitrogen and oxygen atoms in total. The van der Waals surface area contributed by atoms with Crippen LogP contribution in [0.5, 0.6) is 5.88 Å². The van der Waals surface area contributed by atoms with Gasteiger partial charge in [-0.1, -0.05) is 0 Å². The molecular formula is C8H5F3N2O5S2. The van der Waals surface area contributed by atoms with Gasteiger partial charge in [-0.2, -0.15) is 26.9 Å². The Morgan fingerprint density at radius 3 is 2.25 bits per heavy atom. The van der Waals surface area contributed by atoms with Crippen molar-refractivity contribution in [3.63, 3.8) is 0 Å². The highest BCUT2D eigenvalue weighted by Crippen LogP contribution is 2.27. The minimum Gasteiger partial charge on any atom is -0.355 e. The Balaban J connectivity index is 3.36. The van der Waals surface area contributed by atoms with Crippen LogP contribution in [0.25, 0.3) is 0 Å². The Morgan fingerprint density at radius 2 is 1.85 bits per heavy atom. The summed E-state index contributed by atoms with van der Waals surface area (Å²) in [4.78, 5) is 2.44. The van der Waals surface area contributed by atoms with Gasteiger partial charge in [0.05, 0.1) is 16.7 Å². The summed E-state index contributed by atoms with van der Waals surface area (Å²) in [6.07, 6.45) is 1.28. The van der Waals surface area contributed by atoms with Crippen LogP contribution in [0.15, 0.2) is 17.2 Å². The summed E-state index contributed by atoms with van der Waals surface area (Å²) in [5.41, 5.74) is -6.14. The maximum absolute atomic E-state index is 12.1. The van der Waals surface area contributed by atoms with E-state index >= 15 is 0 Å². The minimum absolute atomic E-state index is 0.428. The average molecular weight is 330 g/mol. The van der Waals surface area contributed by atoms with Crippen LogP contribution < -0.4 is 4.18 Å². The van der Waals surface area contributed by atoms with E-state index in [4.69, 9.17) is 5.26 Å². The third-order valence-electron chi connectivity index (χ3n) is 1.84. The van der Waals surface area contributed by atoms with Crippen molar-refractivity contribution in [3.05, 3.63) is 17.8 Å². The lowest BCUT2D eigenvalue weighted by atomic mass is 10.3. The number of hydrogen-bond donors (Lipinski definition) is 0. The molecule has 0 radical (unpaired) electrons. The van der Waals surface area contributed by atoms with Crippen molar-refractivity contribution in [2.24, 2.45) is 0 Å². The largest absolute Gasteiger partial charge is 0.534 e. The Kier molecular flexibility index (Phi) is 3.97. The van der Waals surface area contributed by atoms with Crippen LogP contribution in [0.4, 0.5) is 13.2 Å². The molecule has 0 amide bonds. The van der Waals surface area contributed by atoms with E-state index in [0.29, 0.717) is 18.5 Å². The summed E-state index contributed by atoms with van der Waals surface area (Å²) in [5, 5.41) is 8.64. The van der Waals surface area contributed by atoms with E-state index in [1.165, 1.54) is 6.07 Å². The van der Waals surface area contributed by atoms with Crippen LogP contribution in [0, 0.1) is 11.3 Å². The van der Waals surface area contributed by atoms with E-state index in [1.807, 2.05) is 0 Å². The van der Waals surface area contributed by atoms with Gasteiger partial charge in [0, 0.05) is 12.3 Å². The molecule has 0 aliphatic heterocycles. The maximum Gasteiger partial charge on any atom is 0.534 e. The summed E-state index contributed by atoms with van der Waals surface area (Å²) in [7, 11) is -9.95. The second-order valence-corrected chi connectivity index (χ2v) is 6.91. The van der Waals surface area contributed by atoms with Gasteiger partial charge in [-0.15, -0.1) is 0 Å². The molecule has 0 N–H and O–H groups in total. The van der Waals surface area contributed by atoms with E-state index < -0.39 is 41.8 Å². The third-order valence-corrected chi connectivity index (χ3v) is 3.93. The lowest BCUT2D eigenvalue weighted by Gasteiger charge is -2.09. The zero-order valence-electron chi connectivity index (χ0n) is 9.54. The van der Waals surface area contributed by atoms with E-state index in [0.717, 1.165) is 0 Å². The lowest BCUT2D eigenvalue weighted by molar-refractivity contribution is -0.0501. The zero-order valence-corrected chi connectivity index (χ0v) is 11.2. The first kappa shape index (κ1) is 16.2. The van der Waals surface area contributed by atoms with Gasteiger partial charge < -0.3 is 4.18 Å². The van der Waals surface area contributed by atoms with Crippen LogP contribution in [-0.4, -0.2) is 33.6 Å². The maximum atomic E-state index is 12.1. The molecule has 0 saturated carbocycles. The molecule has 1 heterocycles. The molecule has 0 atom stereocenters. The molecule has 1 aromatic rings. The van der Waals surface area contributed by atoms with E-state index in [-0.39, 0.29) is 0 Å². The molecule has 0 saturated heterocycles. The predicted octanol–water partition coefficient (Wildman–Crippen LogP) is 0.585. The smallest absolute Gasteiger partial charge is 0.355 e. The molecule has 0 spiro atoms. The van der Waals surface area contributed by atoms with Crippen molar-refractivity contribution in [3.8, 4) is 11.9 Å². The first-order valence-electron chi connectivity index (χ1n) is 4.49. The fourth-order valence-electron chi connectivity index (χ4n) is 1.01. The van der Waals surface area contributed by atoms with Crippen LogP contribution in [-0.2, 0) is 20.0 Å². The quantitative estimate of drug-likeness (QED) is 0.588. The number of nitriles is 1. The highest BCUT2D eigenvalue weighted by atomic mass is 32.2. The second kappa shape index (κ2) is 4.91. The van der Waals surface area contributed by atoms with Crippen molar-refractivity contribution in [2.45, 2.75) is 10.4 Å². The topological polar surface area (TPSA) is 114 Å². The van der Waals surface area contributed by atoms with E-state index in [2.05, 4.69) is 9.17 Å². The number of pyridine rings is 1. The summed E-state index contributed by atoms with van der Waals surface area (Å²) in [6.45, 7) is 0. The zero-order chi connectivity index (χ0) is 15.8. The minimum atomic E-state index is -5.97. The molecule has 12 heteroatoms. The SMILES string of the molecule is CS(=O)(=O)c1cc(OS(=O)(=O)C(F)(F)F)ncc1C#N. The molecule has 0 bridgehead atoms. The van der Waals surface area contributed by atoms with Crippen molar-refractivity contribution < 1.29 is 34.2 Å². The third kappa shape index (κ3) is 3.36. The van der Waals surface area contributed by atoms with Crippen LogP contribution >= 0.6 is 0 Å².